The fourth-order valence-electron chi connectivity index (χ4n) is 1.84. The summed E-state index contributed by atoms with van der Waals surface area (Å²) in [5, 5.41) is 3.91. The van der Waals surface area contributed by atoms with Crippen LogP contribution in [-0.4, -0.2) is 12.3 Å². The molecule has 20 heavy (non-hydrogen) atoms. The first-order valence-corrected chi connectivity index (χ1v) is 6.64. The van der Waals surface area contributed by atoms with Crippen molar-refractivity contribution in [2.45, 2.75) is 32.6 Å². The Hall–Kier alpha value is -1.85. The Morgan fingerprint density at radius 2 is 2.00 bits per heavy atom. The summed E-state index contributed by atoms with van der Waals surface area (Å²) in [6.07, 6.45) is 0.918. The predicted octanol–water partition coefficient (Wildman–Crippen LogP) is 2.81. The number of nitrogens with zero attached hydrogens (tertiary/aromatic N) is 1. The van der Waals surface area contributed by atoms with Crippen molar-refractivity contribution >= 4 is 0 Å². The minimum atomic E-state index is 0.0798. The van der Waals surface area contributed by atoms with Gasteiger partial charge in [0, 0.05) is 19.2 Å². The monoisotopic (exact) mass is 276 g/mol. The lowest BCUT2D eigenvalue weighted by Crippen LogP contribution is -2.08. The van der Waals surface area contributed by atoms with Crippen LogP contribution in [-0.2, 0) is 18.0 Å². The molecule has 0 radical (unpaired) electrons. The van der Waals surface area contributed by atoms with Crippen molar-refractivity contribution in [3.63, 3.8) is 0 Å². The summed E-state index contributed by atoms with van der Waals surface area (Å²) in [5.41, 5.74) is 7.82. The highest BCUT2D eigenvalue weighted by Crippen LogP contribution is 2.19. The van der Waals surface area contributed by atoms with E-state index in [1.165, 1.54) is 0 Å². The van der Waals surface area contributed by atoms with Gasteiger partial charge in [-0.25, -0.2) is 0 Å². The lowest BCUT2D eigenvalue weighted by Gasteiger charge is -2.10. The van der Waals surface area contributed by atoms with Crippen LogP contribution < -0.4 is 10.5 Å². The van der Waals surface area contributed by atoms with E-state index in [1.807, 2.05) is 30.3 Å². The molecule has 0 bridgehead atoms. The van der Waals surface area contributed by atoms with Gasteiger partial charge in [-0.1, -0.05) is 24.2 Å². The van der Waals surface area contributed by atoms with Gasteiger partial charge in [0.1, 0.15) is 24.7 Å². The van der Waals surface area contributed by atoms with E-state index in [4.69, 9.17) is 19.7 Å². The highest BCUT2D eigenvalue weighted by Gasteiger charge is 2.06. The molecule has 0 saturated carbocycles. The zero-order valence-corrected chi connectivity index (χ0v) is 11.8. The molecule has 1 heterocycles. The van der Waals surface area contributed by atoms with Crippen LogP contribution >= 0.6 is 0 Å². The molecule has 5 heteroatoms. The summed E-state index contributed by atoms with van der Waals surface area (Å²) < 4.78 is 15.7. The van der Waals surface area contributed by atoms with E-state index < -0.39 is 0 Å². The van der Waals surface area contributed by atoms with Crippen molar-refractivity contribution in [1.82, 2.24) is 5.16 Å². The van der Waals surface area contributed by atoms with E-state index in [0.717, 1.165) is 23.4 Å². The third-order valence-corrected chi connectivity index (χ3v) is 3.03. The molecule has 1 aromatic carbocycles. The van der Waals surface area contributed by atoms with E-state index >= 15 is 0 Å². The van der Waals surface area contributed by atoms with E-state index in [0.29, 0.717) is 19.0 Å². The molecule has 2 N–H and O–H groups in total. The third-order valence-electron chi connectivity index (χ3n) is 3.03. The van der Waals surface area contributed by atoms with E-state index in [1.54, 1.807) is 7.11 Å². The van der Waals surface area contributed by atoms with Crippen LogP contribution in [0.1, 0.15) is 36.4 Å². The van der Waals surface area contributed by atoms with Gasteiger partial charge in [-0.05, 0) is 24.1 Å². The first-order chi connectivity index (χ1) is 9.72. The Labute approximate surface area is 118 Å². The van der Waals surface area contributed by atoms with Gasteiger partial charge in [0.25, 0.3) is 0 Å². The zero-order valence-electron chi connectivity index (χ0n) is 11.8. The van der Waals surface area contributed by atoms with Crippen LogP contribution in [0.2, 0.25) is 0 Å². The number of aromatic nitrogens is 1. The molecule has 0 unspecified atom stereocenters. The Kier molecular flexibility index (Phi) is 5.15. The second kappa shape index (κ2) is 7.07. The van der Waals surface area contributed by atoms with Gasteiger partial charge in [0.05, 0.1) is 0 Å². The fourth-order valence-corrected chi connectivity index (χ4v) is 1.84. The van der Waals surface area contributed by atoms with Crippen molar-refractivity contribution in [2.75, 3.05) is 7.11 Å². The molecule has 0 aliphatic heterocycles. The molecule has 0 aliphatic rings. The number of benzene rings is 1. The number of rotatable bonds is 7. The maximum atomic E-state index is 5.97. The third kappa shape index (κ3) is 3.82. The Morgan fingerprint density at radius 1 is 1.25 bits per heavy atom. The standard InChI is InChI=1S/C15H20N2O3/c1-3-15(16)11-4-6-13(7-5-11)19-9-12-8-14(10-18-2)20-17-12/h4-8,15H,3,9-10,16H2,1-2H3/t15-/m1/s1. The summed E-state index contributed by atoms with van der Waals surface area (Å²) in [5.74, 6) is 1.48. The van der Waals surface area contributed by atoms with Gasteiger partial charge in [-0.2, -0.15) is 0 Å². The largest absolute Gasteiger partial charge is 0.487 e. The molecule has 2 aromatic rings. The van der Waals surface area contributed by atoms with Crippen molar-refractivity contribution in [1.29, 1.82) is 0 Å². The molecule has 108 valence electrons. The van der Waals surface area contributed by atoms with Crippen molar-refractivity contribution in [3.05, 3.63) is 47.3 Å². The topological polar surface area (TPSA) is 70.5 Å². The molecule has 0 fully saturated rings. The highest BCUT2D eigenvalue weighted by molar-refractivity contribution is 5.29. The number of hydrogen-bond acceptors (Lipinski definition) is 5. The normalized spacial score (nSPS) is 12.3. The maximum Gasteiger partial charge on any atom is 0.162 e. The molecule has 0 spiro atoms. The van der Waals surface area contributed by atoms with Gasteiger partial charge in [-0.3, -0.25) is 0 Å². The van der Waals surface area contributed by atoms with Crippen LogP contribution in [0.5, 0.6) is 5.75 Å². The summed E-state index contributed by atoms with van der Waals surface area (Å²) in [7, 11) is 1.61. The second-order valence-electron chi connectivity index (χ2n) is 4.59. The molecular formula is C15H20N2O3. The maximum absolute atomic E-state index is 5.97. The average molecular weight is 276 g/mol. The van der Waals surface area contributed by atoms with Gasteiger partial charge in [0.2, 0.25) is 0 Å². The molecule has 0 saturated heterocycles. The first-order valence-electron chi connectivity index (χ1n) is 6.64. The number of hydrogen-bond donors (Lipinski definition) is 1. The minimum absolute atomic E-state index is 0.0798. The first kappa shape index (κ1) is 14.6. The van der Waals surface area contributed by atoms with Crippen LogP contribution in [0.3, 0.4) is 0 Å². The smallest absolute Gasteiger partial charge is 0.162 e. The summed E-state index contributed by atoms with van der Waals surface area (Å²) >= 11 is 0. The second-order valence-corrected chi connectivity index (χ2v) is 4.59. The number of ether oxygens (including phenoxy) is 2. The van der Waals surface area contributed by atoms with Crippen LogP contribution in [0.4, 0.5) is 0 Å². The number of nitrogens with two attached hydrogens (primary N) is 1. The van der Waals surface area contributed by atoms with Gasteiger partial charge >= 0.3 is 0 Å². The van der Waals surface area contributed by atoms with Crippen molar-refractivity contribution in [3.8, 4) is 5.75 Å². The van der Waals surface area contributed by atoms with Crippen LogP contribution in [0.15, 0.2) is 34.9 Å². The summed E-state index contributed by atoms with van der Waals surface area (Å²) in [4.78, 5) is 0. The minimum Gasteiger partial charge on any atom is -0.487 e. The van der Waals surface area contributed by atoms with Crippen molar-refractivity contribution in [2.24, 2.45) is 5.73 Å². The molecule has 1 aromatic heterocycles. The summed E-state index contributed by atoms with van der Waals surface area (Å²) in [6.45, 7) is 2.85. The van der Waals surface area contributed by atoms with Gasteiger partial charge in [0.15, 0.2) is 5.76 Å². The SMILES string of the molecule is CC[C@@H](N)c1ccc(OCc2cc(COC)on2)cc1. The molecule has 1 atom stereocenters. The molecule has 0 aliphatic carbocycles. The Balaban J connectivity index is 1.89. The molecule has 0 amide bonds. The van der Waals surface area contributed by atoms with E-state index in [-0.39, 0.29) is 6.04 Å². The molecule has 2 rings (SSSR count). The average Bonchev–Trinajstić information content (AvgIpc) is 2.93. The molecule has 5 nitrogen and oxygen atoms in total. The van der Waals surface area contributed by atoms with E-state index in [9.17, 15) is 0 Å². The van der Waals surface area contributed by atoms with Crippen LogP contribution in [0, 0.1) is 0 Å². The lowest BCUT2D eigenvalue weighted by molar-refractivity contribution is 0.155. The lowest BCUT2D eigenvalue weighted by atomic mass is 10.1. The summed E-state index contributed by atoms with van der Waals surface area (Å²) in [6, 6.07) is 9.72. The number of methoxy groups -OCH3 is 1. The van der Waals surface area contributed by atoms with Crippen molar-refractivity contribution < 1.29 is 14.0 Å². The van der Waals surface area contributed by atoms with Crippen LogP contribution in [0.25, 0.3) is 0 Å². The Bertz CT molecular complexity index is 522. The Morgan fingerprint density at radius 3 is 2.65 bits per heavy atom. The van der Waals surface area contributed by atoms with Gasteiger partial charge < -0.3 is 19.7 Å². The molecular weight excluding hydrogens is 256 g/mol. The zero-order chi connectivity index (χ0) is 14.4. The predicted molar refractivity (Wildman–Crippen MR) is 75.2 cm³/mol. The highest BCUT2D eigenvalue weighted by atomic mass is 16.5. The quantitative estimate of drug-likeness (QED) is 0.842. The fraction of sp³-hybridized carbons (Fsp3) is 0.400. The van der Waals surface area contributed by atoms with Gasteiger partial charge in [-0.15, -0.1) is 0 Å². The van der Waals surface area contributed by atoms with E-state index in [2.05, 4.69) is 12.1 Å².